The van der Waals surface area contributed by atoms with E-state index in [0.29, 0.717) is 16.1 Å². The van der Waals surface area contributed by atoms with Crippen molar-refractivity contribution in [2.24, 2.45) is 0 Å². The van der Waals surface area contributed by atoms with E-state index in [1.807, 2.05) is 13.0 Å². The second-order valence-corrected chi connectivity index (χ2v) is 8.86. The van der Waals surface area contributed by atoms with Crippen molar-refractivity contribution in [3.05, 3.63) is 50.1 Å². The average molecular weight is 388 g/mol. The molecule has 0 radical (unpaired) electrons. The van der Waals surface area contributed by atoms with Crippen molar-refractivity contribution in [1.29, 1.82) is 0 Å². The molecule has 2 aromatic rings. The summed E-state index contributed by atoms with van der Waals surface area (Å²) in [5.74, 6) is -0.0605. The van der Waals surface area contributed by atoms with Gasteiger partial charge in [0.15, 0.2) is 0 Å². The first-order chi connectivity index (χ1) is 9.82. The molecule has 0 atom stereocenters. The molecule has 21 heavy (non-hydrogen) atoms. The molecule has 1 N–H and O–H groups in total. The molecule has 7 heteroatoms. The molecule has 0 spiro atoms. The Morgan fingerprint density at radius 1 is 1.29 bits per heavy atom. The zero-order chi connectivity index (χ0) is 15.6. The first-order valence-electron chi connectivity index (χ1n) is 6.23. The topological polar surface area (TPSA) is 63.2 Å². The van der Waals surface area contributed by atoms with Crippen molar-refractivity contribution in [3.8, 4) is 0 Å². The van der Waals surface area contributed by atoms with Gasteiger partial charge in [0.2, 0.25) is 15.8 Å². The Balaban J connectivity index is 2.21. The molecule has 0 saturated carbocycles. The SMILES string of the molecule is CCS(=O)(=O)Nc1ccc(C(=O)c2cc(C)c(Br)s2)cc1. The Hall–Kier alpha value is -1.18. The monoisotopic (exact) mass is 387 g/mol. The van der Waals surface area contributed by atoms with E-state index in [1.54, 1.807) is 31.2 Å². The Kier molecular flexibility index (Phi) is 4.85. The summed E-state index contributed by atoms with van der Waals surface area (Å²) in [6, 6.07) is 8.27. The summed E-state index contributed by atoms with van der Waals surface area (Å²) in [6.45, 7) is 3.50. The van der Waals surface area contributed by atoms with Gasteiger partial charge in [-0.3, -0.25) is 9.52 Å². The molecule has 1 heterocycles. The number of hydrogen-bond donors (Lipinski definition) is 1. The molecule has 0 saturated heterocycles. The Labute approximate surface area is 136 Å². The van der Waals surface area contributed by atoms with Crippen molar-refractivity contribution < 1.29 is 13.2 Å². The van der Waals surface area contributed by atoms with Crippen LogP contribution in [0.25, 0.3) is 0 Å². The smallest absolute Gasteiger partial charge is 0.232 e. The number of carbonyl (C=O) groups excluding carboxylic acids is 1. The third kappa shape index (κ3) is 3.93. The summed E-state index contributed by atoms with van der Waals surface area (Å²) < 4.78 is 26.3. The van der Waals surface area contributed by atoms with Gasteiger partial charge in [-0.15, -0.1) is 11.3 Å². The number of sulfonamides is 1. The number of hydrogen-bond acceptors (Lipinski definition) is 4. The van der Waals surface area contributed by atoms with Crippen LogP contribution >= 0.6 is 27.3 Å². The van der Waals surface area contributed by atoms with Gasteiger partial charge in [0.05, 0.1) is 14.4 Å². The normalized spacial score (nSPS) is 11.4. The van der Waals surface area contributed by atoms with E-state index in [2.05, 4.69) is 20.7 Å². The Bertz CT molecular complexity index is 745. The zero-order valence-corrected chi connectivity index (χ0v) is 14.7. The van der Waals surface area contributed by atoms with E-state index in [0.717, 1.165) is 9.35 Å². The number of nitrogens with one attached hydrogen (secondary N) is 1. The molecular weight excluding hydrogens is 374 g/mol. The highest BCUT2D eigenvalue weighted by atomic mass is 79.9. The van der Waals surface area contributed by atoms with Crippen molar-refractivity contribution in [1.82, 2.24) is 0 Å². The van der Waals surface area contributed by atoms with Crippen molar-refractivity contribution in [2.45, 2.75) is 13.8 Å². The van der Waals surface area contributed by atoms with E-state index in [1.165, 1.54) is 11.3 Å². The van der Waals surface area contributed by atoms with Crippen LogP contribution in [0.4, 0.5) is 5.69 Å². The van der Waals surface area contributed by atoms with Crippen molar-refractivity contribution in [2.75, 3.05) is 10.5 Å². The molecule has 1 aromatic heterocycles. The van der Waals surface area contributed by atoms with Crippen LogP contribution in [0.1, 0.15) is 27.7 Å². The van der Waals surface area contributed by atoms with Crippen LogP contribution in [0, 0.1) is 6.92 Å². The lowest BCUT2D eigenvalue weighted by atomic mass is 10.1. The van der Waals surface area contributed by atoms with Crippen LogP contribution in [0.5, 0.6) is 0 Å². The van der Waals surface area contributed by atoms with Crippen LogP contribution in [0.2, 0.25) is 0 Å². The van der Waals surface area contributed by atoms with E-state index in [4.69, 9.17) is 0 Å². The predicted molar refractivity (Wildman–Crippen MR) is 89.7 cm³/mol. The molecule has 4 nitrogen and oxygen atoms in total. The van der Waals surface area contributed by atoms with Gasteiger partial charge >= 0.3 is 0 Å². The molecular formula is C14H14BrNO3S2. The molecule has 0 bridgehead atoms. The fraction of sp³-hybridized carbons (Fsp3) is 0.214. The number of carbonyl (C=O) groups is 1. The minimum atomic E-state index is -3.30. The summed E-state index contributed by atoms with van der Waals surface area (Å²) in [7, 11) is -3.30. The van der Waals surface area contributed by atoms with Crippen molar-refractivity contribution in [3.63, 3.8) is 0 Å². The lowest BCUT2D eigenvalue weighted by Gasteiger charge is -2.06. The van der Waals surface area contributed by atoms with Crippen LogP contribution in [0.3, 0.4) is 0 Å². The quantitative estimate of drug-likeness (QED) is 0.793. The Morgan fingerprint density at radius 2 is 1.90 bits per heavy atom. The average Bonchev–Trinajstić information content (AvgIpc) is 2.78. The van der Waals surface area contributed by atoms with Crippen molar-refractivity contribution >= 4 is 48.8 Å². The summed E-state index contributed by atoms with van der Waals surface area (Å²) >= 11 is 4.79. The third-order valence-corrected chi connectivity index (χ3v) is 6.32. The van der Waals surface area contributed by atoms with Gasteiger partial charge < -0.3 is 0 Å². The number of thiophene rings is 1. The predicted octanol–water partition coefficient (Wildman–Crippen LogP) is 3.81. The first-order valence-corrected chi connectivity index (χ1v) is 9.50. The van der Waals surface area contributed by atoms with Gasteiger partial charge in [-0.2, -0.15) is 0 Å². The first kappa shape index (κ1) is 16.2. The van der Waals surface area contributed by atoms with Crippen LogP contribution < -0.4 is 4.72 Å². The molecule has 0 fully saturated rings. The maximum atomic E-state index is 12.3. The van der Waals surface area contributed by atoms with Crippen LogP contribution in [-0.2, 0) is 10.0 Å². The fourth-order valence-corrected chi connectivity index (χ4v) is 3.79. The van der Waals surface area contributed by atoms with E-state index < -0.39 is 10.0 Å². The summed E-state index contributed by atoms with van der Waals surface area (Å²) in [5, 5.41) is 0. The molecule has 0 aliphatic rings. The molecule has 0 aliphatic heterocycles. The molecule has 112 valence electrons. The lowest BCUT2D eigenvalue weighted by molar-refractivity contribution is 0.104. The summed E-state index contributed by atoms with van der Waals surface area (Å²) in [4.78, 5) is 13.0. The maximum Gasteiger partial charge on any atom is 0.232 e. The highest BCUT2D eigenvalue weighted by Gasteiger charge is 2.14. The molecule has 0 unspecified atom stereocenters. The van der Waals surface area contributed by atoms with Gasteiger partial charge in [0, 0.05) is 11.3 Å². The maximum absolute atomic E-state index is 12.3. The number of ketones is 1. The van der Waals surface area contributed by atoms with Gasteiger partial charge in [0.1, 0.15) is 0 Å². The number of anilines is 1. The second kappa shape index (κ2) is 6.29. The molecule has 0 amide bonds. The van der Waals surface area contributed by atoms with Crippen LogP contribution in [0.15, 0.2) is 34.1 Å². The zero-order valence-electron chi connectivity index (χ0n) is 11.5. The summed E-state index contributed by atoms with van der Waals surface area (Å²) in [6.07, 6.45) is 0. The van der Waals surface area contributed by atoms with Gasteiger partial charge in [-0.05, 0) is 65.7 Å². The standard InChI is InChI=1S/C14H14BrNO3S2/c1-3-21(18,19)16-11-6-4-10(5-7-11)13(17)12-8-9(2)14(15)20-12/h4-8,16H,3H2,1-2H3. The number of benzene rings is 1. The number of aryl methyl sites for hydroxylation is 1. The summed E-state index contributed by atoms with van der Waals surface area (Å²) in [5.41, 5.74) is 2.01. The molecule has 1 aromatic carbocycles. The van der Waals surface area contributed by atoms with Gasteiger partial charge in [-0.25, -0.2) is 8.42 Å². The van der Waals surface area contributed by atoms with E-state index in [-0.39, 0.29) is 11.5 Å². The highest BCUT2D eigenvalue weighted by molar-refractivity contribution is 9.11. The molecule has 2 rings (SSSR count). The van der Waals surface area contributed by atoms with Gasteiger partial charge in [0.25, 0.3) is 0 Å². The minimum Gasteiger partial charge on any atom is -0.288 e. The largest absolute Gasteiger partial charge is 0.288 e. The minimum absolute atomic E-state index is 0.0101. The highest BCUT2D eigenvalue weighted by Crippen LogP contribution is 2.29. The number of rotatable bonds is 5. The molecule has 0 aliphatic carbocycles. The third-order valence-electron chi connectivity index (χ3n) is 2.88. The number of halogens is 1. The fourth-order valence-electron chi connectivity index (χ4n) is 1.66. The van der Waals surface area contributed by atoms with E-state index in [9.17, 15) is 13.2 Å². The van der Waals surface area contributed by atoms with Gasteiger partial charge in [-0.1, -0.05) is 0 Å². The second-order valence-electron chi connectivity index (χ2n) is 4.48. The van der Waals surface area contributed by atoms with Crippen LogP contribution in [-0.4, -0.2) is 20.0 Å². The Morgan fingerprint density at radius 3 is 2.38 bits per heavy atom. The van der Waals surface area contributed by atoms with E-state index >= 15 is 0 Å². The lowest BCUT2D eigenvalue weighted by Crippen LogP contribution is -2.14.